The average molecular weight is 246 g/mol. The molecule has 1 aliphatic rings. The van der Waals surface area contributed by atoms with Gasteiger partial charge in [0.05, 0.1) is 0 Å². The van der Waals surface area contributed by atoms with E-state index in [-0.39, 0.29) is 17.2 Å². The molecule has 0 heterocycles. The summed E-state index contributed by atoms with van der Waals surface area (Å²) in [5, 5.41) is 3.04. The van der Waals surface area contributed by atoms with Gasteiger partial charge in [-0.3, -0.25) is 4.79 Å². The molecule has 0 aromatic heterocycles. The van der Waals surface area contributed by atoms with Crippen molar-refractivity contribution in [2.24, 2.45) is 11.3 Å². The first-order chi connectivity index (χ1) is 8.40. The number of carbonyl (C=O) groups is 1. The molecule has 2 rings (SSSR count). The predicted octanol–water partition coefficient (Wildman–Crippen LogP) is 3.34. The second kappa shape index (κ2) is 4.63. The van der Waals surface area contributed by atoms with Crippen LogP contribution in [0.5, 0.6) is 0 Å². The fraction of sp³-hybridized carbons (Fsp3) is 0.533. The summed E-state index contributed by atoms with van der Waals surface area (Å²) >= 11 is 0. The molecule has 3 nitrogen and oxygen atoms in total. The van der Waals surface area contributed by atoms with Crippen LogP contribution >= 0.6 is 0 Å². The molecule has 3 N–H and O–H groups in total. The maximum atomic E-state index is 12.3. The van der Waals surface area contributed by atoms with Crippen LogP contribution in [-0.2, 0) is 4.79 Å². The van der Waals surface area contributed by atoms with Gasteiger partial charge in [-0.25, -0.2) is 0 Å². The normalized spacial score (nSPS) is 21.8. The van der Waals surface area contributed by atoms with E-state index in [1.165, 1.54) is 0 Å². The van der Waals surface area contributed by atoms with Gasteiger partial charge in [0.25, 0.3) is 0 Å². The molecule has 0 spiro atoms. The van der Waals surface area contributed by atoms with Crippen molar-refractivity contribution in [3.05, 3.63) is 23.8 Å². The lowest BCUT2D eigenvalue weighted by Gasteiger charge is -2.26. The summed E-state index contributed by atoms with van der Waals surface area (Å²) in [7, 11) is 0. The highest BCUT2D eigenvalue weighted by molar-refractivity contribution is 5.94. The second-order valence-electron chi connectivity index (χ2n) is 6.00. The van der Waals surface area contributed by atoms with Gasteiger partial charge in [-0.15, -0.1) is 0 Å². The number of rotatable bonds is 2. The van der Waals surface area contributed by atoms with E-state index in [4.69, 9.17) is 5.73 Å². The van der Waals surface area contributed by atoms with Crippen LogP contribution in [0.4, 0.5) is 11.4 Å². The molecule has 1 aromatic rings. The zero-order valence-electron chi connectivity index (χ0n) is 11.4. The molecular weight excluding hydrogens is 224 g/mol. The molecule has 0 radical (unpaired) electrons. The number of nitrogen functional groups attached to an aromatic ring is 1. The summed E-state index contributed by atoms with van der Waals surface area (Å²) in [4.78, 5) is 12.3. The number of nitrogens with one attached hydrogen (secondary N) is 1. The third-order valence-corrected chi connectivity index (χ3v) is 4.08. The molecule has 1 aromatic carbocycles. The van der Waals surface area contributed by atoms with Gasteiger partial charge in [0.1, 0.15) is 0 Å². The van der Waals surface area contributed by atoms with Gasteiger partial charge in [-0.2, -0.15) is 0 Å². The molecule has 1 saturated carbocycles. The molecule has 1 atom stereocenters. The van der Waals surface area contributed by atoms with Crippen molar-refractivity contribution in [2.75, 3.05) is 11.1 Å². The van der Waals surface area contributed by atoms with Crippen LogP contribution in [0.2, 0.25) is 0 Å². The van der Waals surface area contributed by atoms with Crippen LogP contribution < -0.4 is 11.1 Å². The standard InChI is InChI=1S/C15H22N2O/c1-10-9-11(16)6-7-13(10)17-14(18)12-5-4-8-15(12,2)3/h6-7,9,12H,4-5,8,16H2,1-3H3,(H,17,18). The molecule has 1 fully saturated rings. The van der Waals surface area contributed by atoms with Crippen molar-refractivity contribution in [2.45, 2.75) is 40.0 Å². The van der Waals surface area contributed by atoms with Crippen LogP contribution in [0, 0.1) is 18.3 Å². The van der Waals surface area contributed by atoms with Crippen molar-refractivity contribution in [3.8, 4) is 0 Å². The first-order valence-corrected chi connectivity index (χ1v) is 6.57. The summed E-state index contributed by atoms with van der Waals surface area (Å²) in [5.41, 5.74) is 8.44. The van der Waals surface area contributed by atoms with Gasteiger partial charge in [0.2, 0.25) is 5.91 Å². The number of amides is 1. The van der Waals surface area contributed by atoms with E-state index >= 15 is 0 Å². The van der Waals surface area contributed by atoms with Gasteiger partial charge >= 0.3 is 0 Å². The van der Waals surface area contributed by atoms with Crippen molar-refractivity contribution in [1.29, 1.82) is 0 Å². The largest absolute Gasteiger partial charge is 0.399 e. The van der Waals surface area contributed by atoms with Crippen LogP contribution in [-0.4, -0.2) is 5.91 Å². The Morgan fingerprint density at radius 1 is 1.44 bits per heavy atom. The Bertz CT molecular complexity index is 466. The first kappa shape index (κ1) is 12.9. The smallest absolute Gasteiger partial charge is 0.228 e. The van der Waals surface area contributed by atoms with Crippen molar-refractivity contribution in [3.63, 3.8) is 0 Å². The van der Waals surface area contributed by atoms with Crippen LogP contribution in [0.1, 0.15) is 38.7 Å². The van der Waals surface area contributed by atoms with E-state index < -0.39 is 0 Å². The summed E-state index contributed by atoms with van der Waals surface area (Å²) in [6.07, 6.45) is 3.27. The molecule has 1 unspecified atom stereocenters. The number of anilines is 2. The number of carbonyl (C=O) groups excluding carboxylic acids is 1. The molecule has 0 aliphatic heterocycles. The Kier molecular flexibility index (Phi) is 3.33. The Hall–Kier alpha value is -1.51. The zero-order valence-corrected chi connectivity index (χ0v) is 11.4. The average Bonchev–Trinajstić information content (AvgIpc) is 2.62. The maximum absolute atomic E-state index is 12.3. The predicted molar refractivity (Wildman–Crippen MR) is 75.3 cm³/mol. The molecule has 0 bridgehead atoms. The van der Waals surface area contributed by atoms with E-state index in [0.717, 1.165) is 36.2 Å². The Morgan fingerprint density at radius 3 is 2.72 bits per heavy atom. The topological polar surface area (TPSA) is 55.1 Å². The number of benzene rings is 1. The van der Waals surface area contributed by atoms with Gasteiger partial charge in [0.15, 0.2) is 0 Å². The third-order valence-electron chi connectivity index (χ3n) is 4.08. The van der Waals surface area contributed by atoms with Crippen molar-refractivity contribution < 1.29 is 4.79 Å². The van der Waals surface area contributed by atoms with Crippen molar-refractivity contribution in [1.82, 2.24) is 0 Å². The van der Waals surface area contributed by atoms with Gasteiger partial charge in [-0.1, -0.05) is 20.3 Å². The molecule has 1 amide bonds. The number of nitrogens with two attached hydrogens (primary N) is 1. The summed E-state index contributed by atoms with van der Waals surface area (Å²) in [5.74, 6) is 0.264. The number of aryl methyl sites for hydroxylation is 1. The van der Waals surface area contributed by atoms with Crippen LogP contribution in [0.15, 0.2) is 18.2 Å². The van der Waals surface area contributed by atoms with Crippen LogP contribution in [0.25, 0.3) is 0 Å². The van der Waals surface area contributed by atoms with Gasteiger partial charge in [-0.05, 0) is 48.9 Å². The highest BCUT2D eigenvalue weighted by Gasteiger charge is 2.39. The van der Waals surface area contributed by atoms with E-state index in [1.807, 2.05) is 25.1 Å². The minimum atomic E-state index is 0.117. The Morgan fingerprint density at radius 2 is 2.17 bits per heavy atom. The molecule has 98 valence electrons. The van der Waals surface area contributed by atoms with E-state index in [1.54, 1.807) is 0 Å². The lowest BCUT2D eigenvalue weighted by atomic mass is 9.81. The molecular formula is C15H22N2O. The third kappa shape index (κ3) is 2.50. The van der Waals surface area contributed by atoms with E-state index in [0.29, 0.717) is 0 Å². The van der Waals surface area contributed by atoms with E-state index in [9.17, 15) is 4.79 Å². The number of hydrogen-bond donors (Lipinski definition) is 2. The van der Waals surface area contributed by atoms with Gasteiger partial charge in [0, 0.05) is 17.3 Å². The van der Waals surface area contributed by atoms with Crippen molar-refractivity contribution >= 4 is 17.3 Å². The monoisotopic (exact) mass is 246 g/mol. The Labute approximate surface area is 109 Å². The lowest BCUT2D eigenvalue weighted by molar-refractivity contribution is -0.122. The maximum Gasteiger partial charge on any atom is 0.228 e. The summed E-state index contributed by atoms with van der Waals surface area (Å²) in [6, 6.07) is 5.59. The highest BCUT2D eigenvalue weighted by Crippen LogP contribution is 2.43. The summed E-state index contributed by atoms with van der Waals surface area (Å²) in [6.45, 7) is 6.33. The molecule has 18 heavy (non-hydrogen) atoms. The fourth-order valence-corrected chi connectivity index (χ4v) is 2.86. The molecule has 0 saturated heterocycles. The molecule has 1 aliphatic carbocycles. The zero-order chi connectivity index (χ0) is 13.3. The Balaban J connectivity index is 2.12. The quantitative estimate of drug-likeness (QED) is 0.786. The highest BCUT2D eigenvalue weighted by atomic mass is 16.1. The SMILES string of the molecule is Cc1cc(N)ccc1NC(=O)C1CCCC1(C)C. The van der Waals surface area contributed by atoms with Crippen LogP contribution in [0.3, 0.4) is 0 Å². The number of hydrogen-bond acceptors (Lipinski definition) is 2. The minimum Gasteiger partial charge on any atom is -0.399 e. The van der Waals surface area contributed by atoms with E-state index in [2.05, 4.69) is 19.2 Å². The minimum absolute atomic E-state index is 0.117. The van der Waals surface area contributed by atoms with Gasteiger partial charge < -0.3 is 11.1 Å². The fourth-order valence-electron chi connectivity index (χ4n) is 2.86. The first-order valence-electron chi connectivity index (χ1n) is 6.57. The lowest BCUT2D eigenvalue weighted by Crippen LogP contribution is -2.31. The summed E-state index contributed by atoms with van der Waals surface area (Å²) < 4.78 is 0. The second-order valence-corrected chi connectivity index (χ2v) is 6.00. The molecule has 3 heteroatoms.